The summed E-state index contributed by atoms with van der Waals surface area (Å²) in [6.07, 6.45) is 1.37. The molecular weight excluding hydrogens is 350 g/mol. The Balaban J connectivity index is 1.77. The highest BCUT2D eigenvalue weighted by molar-refractivity contribution is 5.98. The van der Waals surface area contributed by atoms with E-state index in [4.69, 9.17) is 4.74 Å². The number of nitrogens with zero attached hydrogens (tertiary/aromatic N) is 1. The van der Waals surface area contributed by atoms with Crippen LogP contribution in [0.25, 0.3) is 0 Å². The van der Waals surface area contributed by atoms with E-state index in [0.717, 1.165) is 12.1 Å². The van der Waals surface area contributed by atoms with Gasteiger partial charge >= 0.3 is 5.97 Å². The lowest BCUT2D eigenvalue weighted by Crippen LogP contribution is -2.43. The van der Waals surface area contributed by atoms with Crippen LogP contribution in [-0.4, -0.2) is 48.9 Å². The van der Waals surface area contributed by atoms with Gasteiger partial charge in [-0.1, -0.05) is 0 Å². The Kier molecular flexibility index (Phi) is 6.55. The van der Waals surface area contributed by atoms with Crippen molar-refractivity contribution >= 4 is 29.4 Å². The smallest absolute Gasteiger partial charge is 0.325 e. The molecular formula is C19H25N3O5. The van der Waals surface area contributed by atoms with Gasteiger partial charge in [-0.05, 0) is 51.5 Å². The molecule has 0 aliphatic carbocycles. The zero-order valence-corrected chi connectivity index (χ0v) is 15.8. The van der Waals surface area contributed by atoms with Crippen LogP contribution < -0.4 is 15.5 Å². The molecule has 1 aromatic carbocycles. The van der Waals surface area contributed by atoms with Gasteiger partial charge in [0.15, 0.2) is 6.61 Å². The quantitative estimate of drug-likeness (QED) is 0.722. The molecule has 1 aliphatic heterocycles. The summed E-state index contributed by atoms with van der Waals surface area (Å²) in [5, 5.41) is 5.11. The highest BCUT2D eigenvalue weighted by atomic mass is 16.5. The first kappa shape index (κ1) is 20.4. The van der Waals surface area contributed by atoms with Gasteiger partial charge in [0.1, 0.15) is 6.54 Å². The predicted molar refractivity (Wildman–Crippen MR) is 99.2 cm³/mol. The summed E-state index contributed by atoms with van der Waals surface area (Å²) in [6.45, 7) is 5.39. The number of benzene rings is 1. The van der Waals surface area contributed by atoms with Gasteiger partial charge in [0.05, 0.1) is 0 Å². The molecule has 0 aromatic heterocycles. The van der Waals surface area contributed by atoms with E-state index in [9.17, 15) is 19.2 Å². The van der Waals surface area contributed by atoms with Crippen molar-refractivity contribution in [3.05, 3.63) is 29.8 Å². The summed E-state index contributed by atoms with van der Waals surface area (Å²) in [5.74, 6) is -1.48. The lowest BCUT2D eigenvalue weighted by molar-refractivity contribution is -0.147. The molecule has 2 N–H and O–H groups in total. The van der Waals surface area contributed by atoms with Crippen molar-refractivity contribution in [1.82, 2.24) is 10.6 Å². The number of rotatable bonds is 6. The molecule has 1 heterocycles. The number of ether oxygens (including phenoxy) is 1. The Morgan fingerprint density at radius 1 is 1.15 bits per heavy atom. The summed E-state index contributed by atoms with van der Waals surface area (Å²) < 4.78 is 4.82. The average molecular weight is 375 g/mol. The van der Waals surface area contributed by atoms with Crippen molar-refractivity contribution in [2.24, 2.45) is 0 Å². The molecule has 0 spiro atoms. The molecule has 27 heavy (non-hydrogen) atoms. The maximum atomic E-state index is 12.1. The monoisotopic (exact) mass is 375 g/mol. The van der Waals surface area contributed by atoms with Crippen molar-refractivity contribution in [1.29, 1.82) is 0 Å². The number of esters is 1. The van der Waals surface area contributed by atoms with Gasteiger partial charge in [0, 0.05) is 29.8 Å². The number of anilines is 1. The van der Waals surface area contributed by atoms with Gasteiger partial charge in [-0.25, -0.2) is 0 Å². The molecule has 0 unspecified atom stereocenters. The second-order valence-corrected chi connectivity index (χ2v) is 7.34. The van der Waals surface area contributed by atoms with Gasteiger partial charge in [0.25, 0.3) is 11.8 Å². The van der Waals surface area contributed by atoms with E-state index in [-0.39, 0.29) is 12.5 Å². The Morgan fingerprint density at radius 2 is 1.81 bits per heavy atom. The van der Waals surface area contributed by atoms with E-state index in [0.29, 0.717) is 18.5 Å². The first-order valence-electron chi connectivity index (χ1n) is 8.81. The number of nitrogens with one attached hydrogen (secondary N) is 2. The van der Waals surface area contributed by atoms with Crippen molar-refractivity contribution in [2.75, 3.05) is 24.6 Å². The maximum absolute atomic E-state index is 12.1. The molecule has 1 aromatic rings. The molecule has 1 aliphatic rings. The summed E-state index contributed by atoms with van der Waals surface area (Å²) in [5.41, 5.74) is 0.700. The molecule has 1 fully saturated rings. The number of hydrogen-bond acceptors (Lipinski definition) is 5. The minimum Gasteiger partial charge on any atom is -0.454 e. The molecule has 146 valence electrons. The Hall–Kier alpha value is -2.90. The molecule has 0 atom stereocenters. The van der Waals surface area contributed by atoms with E-state index >= 15 is 0 Å². The van der Waals surface area contributed by atoms with Crippen molar-refractivity contribution in [3.8, 4) is 0 Å². The average Bonchev–Trinajstić information content (AvgIpc) is 3.02. The number of carbonyl (C=O) groups excluding carboxylic acids is 4. The van der Waals surface area contributed by atoms with Crippen molar-refractivity contribution in [2.45, 2.75) is 39.2 Å². The first-order valence-corrected chi connectivity index (χ1v) is 8.81. The molecule has 8 heteroatoms. The summed E-state index contributed by atoms with van der Waals surface area (Å²) in [7, 11) is 0. The highest BCUT2D eigenvalue weighted by Crippen LogP contribution is 2.21. The second kappa shape index (κ2) is 8.66. The molecule has 1 saturated heterocycles. The molecule has 0 bridgehead atoms. The van der Waals surface area contributed by atoms with Crippen LogP contribution in [0, 0.1) is 0 Å². The van der Waals surface area contributed by atoms with Crippen LogP contribution in [0.2, 0.25) is 0 Å². The maximum Gasteiger partial charge on any atom is 0.325 e. The van der Waals surface area contributed by atoms with Crippen LogP contribution >= 0.6 is 0 Å². The predicted octanol–water partition coefficient (Wildman–Crippen LogP) is 1.00. The van der Waals surface area contributed by atoms with Gasteiger partial charge in [-0.15, -0.1) is 0 Å². The zero-order chi connectivity index (χ0) is 20.0. The topological polar surface area (TPSA) is 105 Å². The SMILES string of the molecule is CC(C)(C)NC(=O)COC(=O)CNC(=O)c1ccc(N2CCCC2=O)cc1. The van der Waals surface area contributed by atoms with Crippen LogP contribution in [0.4, 0.5) is 5.69 Å². The number of hydrogen-bond donors (Lipinski definition) is 2. The molecule has 0 radical (unpaired) electrons. The van der Waals surface area contributed by atoms with Gasteiger partial charge < -0.3 is 20.3 Å². The van der Waals surface area contributed by atoms with E-state index < -0.39 is 29.9 Å². The van der Waals surface area contributed by atoms with Gasteiger partial charge in [-0.2, -0.15) is 0 Å². The first-order chi connectivity index (χ1) is 12.7. The largest absolute Gasteiger partial charge is 0.454 e. The van der Waals surface area contributed by atoms with Crippen molar-refractivity contribution in [3.63, 3.8) is 0 Å². The molecule has 0 saturated carbocycles. The van der Waals surface area contributed by atoms with Gasteiger partial charge in [0.2, 0.25) is 5.91 Å². The zero-order valence-electron chi connectivity index (χ0n) is 15.8. The molecule has 3 amide bonds. The highest BCUT2D eigenvalue weighted by Gasteiger charge is 2.21. The fourth-order valence-electron chi connectivity index (χ4n) is 2.62. The van der Waals surface area contributed by atoms with Crippen LogP contribution in [0.15, 0.2) is 24.3 Å². The van der Waals surface area contributed by atoms with Crippen LogP contribution in [-0.2, 0) is 19.1 Å². The summed E-state index contributed by atoms with van der Waals surface area (Å²) in [4.78, 5) is 48.7. The van der Waals surface area contributed by atoms with E-state index in [2.05, 4.69) is 10.6 Å². The fourth-order valence-corrected chi connectivity index (χ4v) is 2.62. The number of carbonyl (C=O) groups is 4. The second-order valence-electron chi connectivity index (χ2n) is 7.34. The Morgan fingerprint density at radius 3 is 2.37 bits per heavy atom. The van der Waals surface area contributed by atoms with Crippen LogP contribution in [0.1, 0.15) is 44.0 Å². The standard InChI is InChI=1S/C19H25N3O5/c1-19(2,3)21-15(23)12-27-17(25)11-20-18(26)13-6-8-14(9-7-13)22-10-4-5-16(22)24/h6-9H,4-5,10-12H2,1-3H3,(H,20,26)(H,21,23). The normalized spacial score (nSPS) is 14.0. The third-order valence-corrected chi connectivity index (χ3v) is 3.79. The van der Waals surface area contributed by atoms with Crippen molar-refractivity contribution < 1.29 is 23.9 Å². The Labute approximate surface area is 158 Å². The summed E-state index contributed by atoms with van der Waals surface area (Å²) >= 11 is 0. The van der Waals surface area contributed by atoms with E-state index in [1.54, 1.807) is 29.2 Å². The summed E-state index contributed by atoms with van der Waals surface area (Å²) in [6, 6.07) is 6.59. The van der Waals surface area contributed by atoms with Crippen LogP contribution in [0.3, 0.4) is 0 Å². The fraction of sp³-hybridized carbons (Fsp3) is 0.474. The van der Waals surface area contributed by atoms with E-state index in [1.807, 2.05) is 20.8 Å². The van der Waals surface area contributed by atoms with E-state index in [1.165, 1.54) is 0 Å². The molecule has 8 nitrogen and oxygen atoms in total. The number of amides is 3. The minimum absolute atomic E-state index is 0.0745. The van der Waals surface area contributed by atoms with Gasteiger partial charge in [-0.3, -0.25) is 19.2 Å². The lowest BCUT2D eigenvalue weighted by atomic mass is 10.1. The molecule has 2 rings (SSSR count). The van der Waals surface area contributed by atoms with Crippen LogP contribution in [0.5, 0.6) is 0 Å². The lowest BCUT2D eigenvalue weighted by Gasteiger charge is -2.20. The third-order valence-electron chi connectivity index (χ3n) is 3.79. The Bertz CT molecular complexity index is 722. The minimum atomic E-state index is -0.702. The third kappa shape index (κ3) is 6.40.